The number of phenolic OH excluding ortho intramolecular Hbond substituents is 1. The van der Waals surface area contributed by atoms with Gasteiger partial charge in [0.25, 0.3) is 0 Å². The average molecular weight is 420 g/mol. The first-order valence-corrected chi connectivity index (χ1v) is 7.45. The van der Waals surface area contributed by atoms with Crippen molar-refractivity contribution < 1.29 is 18.6 Å². The molecule has 0 aromatic heterocycles. The molecule has 0 aliphatic rings. The summed E-state index contributed by atoms with van der Waals surface area (Å²) in [5, 5.41) is 9.63. The topological polar surface area (TPSA) is 29.5 Å². The molecule has 0 aliphatic heterocycles. The summed E-state index contributed by atoms with van der Waals surface area (Å²) in [4.78, 5) is 0. The summed E-state index contributed by atoms with van der Waals surface area (Å²) in [5.74, 6) is 0.262. The predicted molar refractivity (Wildman–Crippen MR) is 85.5 cm³/mol. The van der Waals surface area contributed by atoms with Crippen LogP contribution in [-0.2, 0) is 0 Å². The Bertz CT molecular complexity index is 632. The second-order valence-electron chi connectivity index (χ2n) is 4.11. The quantitative estimate of drug-likeness (QED) is 0.645. The fourth-order valence-electron chi connectivity index (χ4n) is 1.63. The second-order valence-corrected chi connectivity index (χ2v) is 5.82. The number of hydrogen-bond acceptors (Lipinski definition) is 2. The van der Waals surface area contributed by atoms with E-state index in [1.165, 1.54) is 12.1 Å². The lowest BCUT2D eigenvalue weighted by Crippen LogP contribution is -2.01. The summed E-state index contributed by atoms with van der Waals surface area (Å²) < 4.78 is 29.5. The van der Waals surface area contributed by atoms with Crippen LogP contribution in [0.1, 0.15) is 11.1 Å². The highest BCUT2D eigenvalue weighted by molar-refractivity contribution is 9.11. The Labute approximate surface area is 137 Å². The van der Waals surface area contributed by atoms with Crippen molar-refractivity contribution in [3.63, 3.8) is 0 Å². The van der Waals surface area contributed by atoms with Crippen molar-refractivity contribution in [3.05, 3.63) is 56.5 Å². The summed E-state index contributed by atoms with van der Waals surface area (Å²) >= 11 is 6.51. The summed E-state index contributed by atoms with van der Waals surface area (Å²) in [5.41, 5.74) is 1.72. The van der Waals surface area contributed by atoms with E-state index in [4.69, 9.17) is 0 Å². The van der Waals surface area contributed by atoms with Crippen molar-refractivity contribution in [2.75, 3.05) is 0 Å². The van der Waals surface area contributed by atoms with Gasteiger partial charge in [-0.3, -0.25) is 0 Å². The smallest absolute Gasteiger partial charge is 0.387 e. The lowest BCUT2D eigenvalue weighted by molar-refractivity contribution is -0.0498. The zero-order valence-electron chi connectivity index (χ0n) is 10.6. The van der Waals surface area contributed by atoms with E-state index in [0.29, 0.717) is 8.95 Å². The van der Waals surface area contributed by atoms with Crippen LogP contribution in [0.2, 0.25) is 0 Å². The van der Waals surface area contributed by atoms with Crippen LogP contribution < -0.4 is 4.74 Å². The monoisotopic (exact) mass is 418 g/mol. The van der Waals surface area contributed by atoms with Crippen molar-refractivity contribution in [1.82, 2.24) is 0 Å². The van der Waals surface area contributed by atoms with Gasteiger partial charge in [-0.1, -0.05) is 24.3 Å². The third-order valence-electron chi connectivity index (χ3n) is 2.61. The highest BCUT2D eigenvalue weighted by atomic mass is 79.9. The Kier molecular flexibility index (Phi) is 5.36. The van der Waals surface area contributed by atoms with Gasteiger partial charge in [-0.25, -0.2) is 0 Å². The van der Waals surface area contributed by atoms with E-state index < -0.39 is 6.61 Å². The number of rotatable bonds is 4. The molecule has 2 aromatic rings. The summed E-state index contributed by atoms with van der Waals surface area (Å²) in [7, 11) is 0. The SMILES string of the molecule is Oc1c(Br)cc(/C=C/c2ccc(OC(F)F)cc2)cc1Br. The number of hydrogen-bond donors (Lipinski definition) is 1. The maximum atomic E-state index is 12.0. The van der Waals surface area contributed by atoms with Gasteiger partial charge in [0.2, 0.25) is 0 Å². The first kappa shape index (κ1) is 16.0. The molecular weight excluding hydrogens is 410 g/mol. The maximum Gasteiger partial charge on any atom is 0.387 e. The van der Waals surface area contributed by atoms with Gasteiger partial charge in [-0.05, 0) is 67.3 Å². The molecule has 0 aliphatic carbocycles. The van der Waals surface area contributed by atoms with Gasteiger partial charge in [0.05, 0.1) is 8.95 Å². The lowest BCUT2D eigenvalue weighted by atomic mass is 10.1. The zero-order valence-corrected chi connectivity index (χ0v) is 13.7. The molecule has 21 heavy (non-hydrogen) atoms. The average Bonchev–Trinajstić information content (AvgIpc) is 2.43. The Morgan fingerprint density at radius 3 is 2.00 bits per heavy atom. The standard InChI is InChI=1S/C15H10Br2F2O2/c16-12-7-10(8-13(17)14(12)20)2-1-9-3-5-11(6-4-9)21-15(18)19/h1-8,15,20H/b2-1+. The van der Waals surface area contributed by atoms with Crippen LogP contribution in [0.3, 0.4) is 0 Å². The molecule has 2 rings (SSSR count). The number of alkyl halides is 2. The van der Waals surface area contributed by atoms with Crippen molar-refractivity contribution in [1.29, 1.82) is 0 Å². The van der Waals surface area contributed by atoms with Crippen molar-refractivity contribution in [3.8, 4) is 11.5 Å². The molecule has 2 aromatic carbocycles. The van der Waals surface area contributed by atoms with Gasteiger partial charge < -0.3 is 9.84 Å². The third kappa shape index (κ3) is 4.54. The van der Waals surface area contributed by atoms with E-state index >= 15 is 0 Å². The first-order valence-electron chi connectivity index (χ1n) is 5.86. The number of phenols is 1. The van der Waals surface area contributed by atoms with Crippen LogP contribution in [0, 0.1) is 0 Å². The molecule has 0 saturated carbocycles. The van der Waals surface area contributed by atoms with Crippen molar-refractivity contribution in [2.45, 2.75) is 6.61 Å². The largest absolute Gasteiger partial charge is 0.506 e. The van der Waals surface area contributed by atoms with E-state index in [9.17, 15) is 13.9 Å². The van der Waals surface area contributed by atoms with Crippen LogP contribution >= 0.6 is 31.9 Å². The molecule has 0 spiro atoms. The molecule has 0 bridgehead atoms. The minimum absolute atomic E-state index is 0.122. The van der Waals surface area contributed by atoms with Gasteiger partial charge in [-0.15, -0.1) is 0 Å². The molecule has 0 unspecified atom stereocenters. The van der Waals surface area contributed by atoms with Gasteiger partial charge in [0, 0.05) is 0 Å². The summed E-state index contributed by atoms with van der Waals surface area (Å²) in [6.07, 6.45) is 3.68. The first-order chi connectivity index (χ1) is 9.95. The number of benzene rings is 2. The van der Waals surface area contributed by atoms with Crippen LogP contribution in [0.4, 0.5) is 8.78 Å². The normalized spacial score (nSPS) is 11.3. The van der Waals surface area contributed by atoms with Crippen LogP contribution in [0.15, 0.2) is 45.3 Å². The van der Waals surface area contributed by atoms with E-state index in [0.717, 1.165) is 11.1 Å². The van der Waals surface area contributed by atoms with E-state index in [1.54, 1.807) is 24.3 Å². The Hall–Kier alpha value is -1.40. The summed E-state index contributed by atoms with van der Waals surface area (Å²) in [6.45, 7) is -2.82. The van der Waals surface area contributed by atoms with Gasteiger partial charge in [0.1, 0.15) is 11.5 Å². The summed E-state index contributed by atoms with van der Waals surface area (Å²) in [6, 6.07) is 9.86. The molecule has 2 nitrogen and oxygen atoms in total. The molecular formula is C15H10Br2F2O2. The van der Waals surface area contributed by atoms with Crippen LogP contribution in [0.25, 0.3) is 12.2 Å². The third-order valence-corrected chi connectivity index (χ3v) is 3.82. The van der Waals surface area contributed by atoms with Crippen molar-refractivity contribution >= 4 is 44.0 Å². The van der Waals surface area contributed by atoms with Crippen molar-refractivity contribution in [2.24, 2.45) is 0 Å². The van der Waals surface area contributed by atoms with Gasteiger partial charge in [0.15, 0.2) is 0 Å². The van der Waals surface area contributed by atoms with Crippen LogP contribution in [-0.4, -0.2) is 11.7 Å². The highest BCUT2D eigenvalue weighted by Crippen LogP contribution is 2.33. The Morgan fingerprint density at radius 1 is 0.952 bits per heavy atom. The number of ether oxygens (including phenoxy) is 1. The lowest BCUT2D eigenvalue weighted by Gasteiger charge is -2.04. The van der Waals surface area contributed by atoms with Gasteiger partial charge >= 0.3 is 6.61 Å². The fraction of sp³-hybridized carbons (Fsp3) is 0.0667. The minimum atomic E-state index is -2.82. The maximum absolute atomic E-state index is 12.0. The van der Waals surface area contributed by atoms with E-state index in [1.807, 2.05) is 12.2 Å². The molecule has 0 heterocycles. The molecule has 0 atom stereocenters. The molecule has 0 amide bonds. The minimum Gasteiger partial charge on any atom is -0.506 e. The molecule has 110 valence electrons. The van der Waals surface area contributed by atoms with Gasteiger partial charge in [-0.2, -0.15) is 8.78 Å². The second kappa shape index (κ2) is 7.04. The zero-order chi connectivity index (χ0) is 15.4. The van der Waals surface area contributed by atoms with Crippen LogP contribution in [0.5, 0.6) is 11.5 Å². The highest BCUT2D eigenvalue weighted by Gasteiger charge is 2.05. The molecule has 1 N–H and O–H groups in total. The Morgan fingerprint density at radius 2 is 1.48 bits per heavy atom. The fourth-order valence-corrected chi connectivity index (χ4v) is 2.86. The van der Waals surface area contributed by atoms with E-state index in [2.05, 4.69) is 36.6 Å². The number of aromatic hydroxyl groups is 1. The molecule has 0 fully saturated rings. The van der Waals surface area contributed by atoms with E-state index in [-0.39, 0.29) is 11.5 Å². The molecule has 0 radical (unpaired) electrons. The molecule has 0 saturated heterocycles. The predicted octanol–water partition coefficient (Wildman–Crippen LogP) is 5.69. The molecule has 6 heteroatoms. The number of halogens is 4. The Balaban J connectivity index is 2.14.